The lowest BCUT2D eigenvalue weighted by Crippen LogP contribution is -2.57. The molecule has 3 heterocycles. The SMILES string of the molecule is Cl.Cl.O=C(c1cccc(CN2CCCC2)c1)N1CCCC(N2CCNCC2=O)C1. The molecule has 3 fully saturated rings. The molecule has 1 aromatic carbocycles. The molecule has 0 aromatic heterocycles. The number of carbonyl (C=O) groups is 2. The van der Waals surface area contributed by atoms with Crippen molar-refractivity contribution in [1.82, 2.24) is 20.0 Å². The van der Waals surface area contributed by atoms with Gasteiger partial charge in [0.05, 0.1) is 6.54 Å². The standard InChI is InChI=1S/C21H30N4O2.2ClH/c26-20-14-22-8-12-25(20)19-7-4-11-24(16-19)21(27)18-6-3-5-17(13-18)15-23-9-1-2-10-23;;/h3,5-6,13,19,22H,1-2,4,7-12,14-16H2;2*1H. The summed E-state index contributed by atoms with van der Waals surface area (Å²) in [5.74, 6) is 0.263. The highest BCUT2D eigenvalue weighted by atomic mass is 35.5. The zero-order valence-electron chi connectivity index (χ0n) is 16.8. The van der Waals surface area contributed by atoms with E-state index in [9.17, 15) is 9.59 Å². The van der Waals surface area contributed by atoms with Gasteiger partial charge < -0.3 is 15.1 Å². The quantitative estimate of drug-likeness (QED) is 0.775. The van der Waals surface area contributed by atoms with Gasteiger partial charge in [-0.25, -0.2) is 0 Å². The van der Waals surface area contributed by atoms with Gasteiger partial charge >= 0.3 is 0 Å². The number of rotatable bonds is 4. The van der Waals surface area contributed by atoms with Crippen molar-refractivity contribution in [1.29, 1.82) is 0 Å². The first kappa shape index (κ1) is 23.9. The Morgan fingerprint density at radius 1 is 1.07 bits per heavy atom. The maximum absolute atomic E-state index is 13.1. The Hall–Kier alpha value is -1.34. The van der Waals surface area contributed by atoms with Gasteiger partial charge in [0.2, 0.25) is 5.91 Å². The molecule has 1 unspecified atom stereocenters. The number of hydrogen-bond acceptors (Lipinski definition) is 4. The van der Waals surface area contributed by atoms with Gasteiger partial charge in [0.15, 0.2) is 0 Å². The molecule has 6 nitrogen and oxygen atoms in total. The summed E-state index contributed by atoms with van der Waals surface area (Å²) < 4.78 is 0. The lowest BCUT2D eigenvalue weighted by Gasteiger charge is -2.41. The molecular formula is C21H32Cl2N4O2. The van der Waals surface area contributed by atoms with Crippen molar-refractivity contribution in [3.05, 3.63) is 35.4 Å². The Bertz CT molecular complexity index is 697. The molecule has 0 bridgehead atoms. The Kier molecular flexibility index (Phi) is 9.21. The van der Waals surface area contributed by atoms with Gasteiger partial charge in [0.25, 0.3) is 5.91 Å². The highest BCUT2D eigenvalue weighted by molar-refractivity contribution is 5.94. The first-order valence-corrected chi connectivity index (χ1v) is 10.3. The molecule has 8 heteroatoms. The van der Waals surface area contributed by atoms with E-state index in [1.807, 2.05) is 21.9 Å². The first-order chi connectivity index (χ1) is 13.2. The van der Waals surface area contributed by atoms with Crippen LogP contribution in [0.15, 0.2) is 24.3 Å². The summed E-state index contributed by atoms with van der Waals surface area (Å²) in [6.45, 7) is 6.69. The largest absolute Gasteiger partial charge is 0.337 e. The molecule has 0 aliphatic carbocycles. The fraction of sp³-hybridized carbons (Fsp3) is 0.619. The Balaban J connectivity index is 0.00000150. The van der Waals surface area contributed by atoms with Crippen molar-refractivity contribution >= 4 is 36.6 Å². The van der Waals surface area contributed by atoms with Gasteiger partial charge in [-0.15, -0.1) is 24.8 Å². The summed E-state index contributed by atoms with van der Waals surface area (Å²) in [6, 6.07) is 8.26. The van der Waals surface area contributed by atoms with E-state index in [0.717, 1.165) is 57.7 Å². The molecule has 1 atom stereocenters. The van der Waals surface area contributed by atoms with Crippen LogP contribution in [-0.2, 0) is 11.3 Å². The molecule has 0 saturated carbocycles. The minimum atomic E-state index is 0. The van der Waals surface area contributed by atoms with Gasteiger partial charge in [-0.05, 0) is 56.5 Å². The molecule has 3 aliphatic heterocycles. The number of amides is 2. The second kappa shape index (κ2) is 11.2. The summed E-state index contributed by atoms with van der Waals surface area (Å²) in [4.78, 5) is 31.7. The number of nitrogens with one attached hydrogen (secondary N) is 1. The number of piperidine rings is 1. The zero-order chi connectivity index (χ0) is 18.6. The van der Waals surface area contributed by atoms with Crippen LogP contribution in [0, 0.1) is 0 Å². The van der Waals surface area contributed by atoms with E-state index in [1.54, 1.807) is 0 Å². The maximum atomic E-state index is 13.1. The third kappa shape index (κ3) is 5.85. The van der Waals surface area contributed by atoms with Crippen molar-refractivity contribution in [2.45, 2.75) is 38.3 Å². The first-order valence-electron chi connectivity index (χ1n) is 10.3. The van der Waals surface area contributed by atoms with Gasteiger partial charge in [-0.2, -0.15) is 0 Å². The fourth-order valence-electron chi connectivity index (χ4n) is 4.59. The summed E-state index contributed by atoms with van der Waals surface area (Å²) in [5, 5.41) is 3.12. The van der Waals surface area contributed by atoms with Gasteiger partial charge in [0.1, 0.15) is 0 Å². The van der Waals surface area contributed by atoms with Crippen LogP contribution in [0.1, 0.15) is 41.6 Å². The topological polar surface area (TPSA) is 55.9 Å². The molecule has 29 heavy (non-hydrogen) atoms. The number of piperazine rings is 1. The second-order valence-corrected chi connectivity index (χ2v) is 7.99. The molecule has 0 spiro atoms. The van der Waals surface area contributed by atoms with E-state index in [-0.39, 0.29) is 42.7 Å². The summed E-state index contributed by atoms with van der Waals surface area (Å²) in [7, 11) is 0. The maximum Gasteiger partial charge on any atom is 0.253 e. The third-order valence-corrected chi connectivity index (χ3v) is 6.03. The van der Waals surface area contributed by atoms with Crippen LogP contribution < -0.4 is 5.32 Å². The molecule has 1 aromatic rings. The predicted octanol–water partition coefficient (Wildman–Crippen LogP) is 2.16. The molecule has 4 rings (SSSR count). The van der Waals surface area contributed by atoms with Crippen molar-refractivity contribution in [2.75, 3.05) is 45.8 Å². The third-order valence-electron chi connectivity index (χ3n) is 6.03. The average molecular weight is 443 g/mol. The van der Waals surface area contributed by atoms with E-state index in [0.29, 0.717) is 13.1 Å². The van der Waals surface area contributed by atoms with Crippen molar-refractivity contribution < 1.29 is 9.59 Å². The van der Waals surface area contributed by atoms with Crippen molar-refractivity contribution in [3.8, 4) is 0 Å². The van der Waals surface area contributed by atoms with E-state index in [2.05, 4.69) is 22.3 Å². The summed E-state index contributed by atoms with van der Waals surface area (Å²) in [5.41, 5.74) is 1.99. The van der Waals surface area contributed by atoms with Gasteiger partial charge in [-0.1, -0.05) is 12.1 Å². The highest BCUT2D eigenvalue weighted by Crippen LogP contribution is 2.20. The molecule has 1 N–H and O–H groups in total. The zero-order valence-corrected chi connectivity index (χ0v) is 18.5. The van der Waals surface area contributed by atoms with Crippen LogP contribution >= 0.6 is 24.8 Å². The van der Waals surface area contributed by atoms with Gasteiger partial charge in [-0.3, -0.25) is 14.5 Å². The average Bonchev–Trinajstić information content (AvgIpc) is 3.21. The molecule has 0 radical (unpaired) electrons. The monoisotopic (exact) mass is 442 g/mol. The Morgan fingerprint density at radius 2 is 1.86 bits per heavy atom. The van der Waals surface area contributed by atoms with Crippen molar-refractivity contribution in [2.24, 2.45) is 0 Å². The number of benzene rings is 1. The Morgan fingerprint density at radius 3 is 2.62 bits per heavy atom. The lowest BCUT2D eigenvalue weighted by molar-refractivity contribution is -0.135. The second-order valence-electron chi connectivity index (χ2n) is 7.99. The van der Waals surface area contributed by atoms with E-state index >= 15 is 0 Å². The lowest BCUT2D eigenvalue weighted by atomic mass is 10.0. The Labute approximate surface area is 185 Å². The van der Waals surface area contributed by atoms with E-state index in [4.69, 9.17) is 0 Å². The number of carbonyl (C=O) groups excluding carboxylic acids is 2. The summed E-state index contributed by atoms with van der Waals surface area (Å²) >= 11 is 0. The van der Waals surface area contributed by atoms with Crippen LogP contribution in [0.2, 0.25) is 0 Å². The highest BCUT2D eigenvalue weighted by Gasteiger charge is 2.32. The van der Waals surface area contributed by atoms with Crippen LogP contribution in [0.3, 0.4) is 0 Å². The van der Waals surface area contributed by atoms with Gasteiger partial charge in [0, 0.05) is 44.3 Å². The minimum absolute atomic E-state index is 0. The smallest absolute Gasteiger partial charge is 0.253 e. The van der Waals surface area contributed by atoms with Crippen LogP contribution in [0.25, 0.3) is 0 Å². The molecule has 3 aliphatic rings. The van der Waals surface area contributed by atoms with Crippen LogP contribution in [0.5, 0.6) is 0 Å². The molecule has 3 saturated heterocycles. The number of hydrogen-bond donors (Lipinski definition) is 1. The number of halogens is 2. The van der Waals surface area contributed by atoms with Crippen molar-refractivity contribution in [3.63, 3.8) is 0 Å². The van der Waals surface area contributed by atoms with Crippen LogP contribution in [-0.4, -0.2) is 78.4 Å². The minimum Gasteiger partial charge on any atom is -0.337 e. The fourth-order valence-corrected chi connectivity index (χ4v) is 4.59. The van der Waals surface area contributed by atoms with E-state index < -0.39 is 0 Å². The summed E-state index contributed by atoms with van der Waals surface area (Å²) in [6.07, 6.45) is 4.50. The number of nitrogens with zero attached hydrogens (tertiary/aromatic N) is 3. The molecule has 2 amide bonds. The van der Waals surface area contributed by atoms with E-state index in [1.165, 1.54) is 18.4 Å². The number of likely N-dealkylation sites (tertiary alicyclic amines) is 2. The molecule has 162 valence electrons. The predicted molar refractivity (Wildman–Crippen MR) is 119 cm³/mol. The van der Waals surface area contributed by atoms with Crippen LogP contribution in [0.4, 0.5) is 0 Å². The molecular weight excluding hydrogens is 411 g/mol. The normalized spacial score (nSPS) is 22.8.